The van der Waals surface area contributed by atoms with Gasteiger partial charge in [-0.25, -0.2) is 0 Å². The van der Waals surface area contributed by atoms with Gasteiger partial charge >= 0.3 is 0 Å². The van der Waals surface area contributed by atoms with Crippen LogP contribution in [0.4, 0.5) is 0 Å². The lowest BCUT2D eigenvalue weighted by Gasteiger charge is -2.09. The van der Waals surface area contributed by atoms with E-state index in [1.165, 1.54) is 4.88 Å². The molecule has 0 amide bonds. The molecule has 1 atom stereocenters. The molecular weight excluding hydrogens is 234 g/mol. The van der Waals surface area contributed by atoms with Gasteiger partial charge in [0.05, 0.1) is 5.25 Å². The minimum atomic E-state index is 0.308. The Morgan fingerprint density at radius 1 is 1.50 bits per heavy atom. The van der Waals surface area contributed by atoms with Crippen LogP contribution in [0.25, 0.3) is 0 Å². The molecular formula is C8H9N3S3. The number of hydrogen-bond donors (Lipinski definition) is 1. The summed E-state index contributed by atoms with van der Waals surface area (Å²) in [6, 6.07) is 4.15. The van der Waals surface area contributed by atoms with Gasteiger partial charge in [-0.05, 0) is 11.4 Å². The van der Waals surface area contributed by atoms with E-state index in [0.717, 1.165) is 4.34 Å². The van der Waals surface area contributed by atoms with Gasteiger partial charge in [0.15, 0.2) is 4.34 Å². The third-order valence-corrected chi connectivity index (χ3v) is 4.87. The maximum absolute atomic E-state index is 5.72. The molecule has 0 aliphatic carbocycles. The molecule has 0 spiro atoms. The van der Waals surface area contributed by atoms with Gasteiger partial charge in [0.2, 0.25) is 0 Å². The second kappa shape index (κ2) is 4.88. The summed E-state index contributed by atoms with van der Waals surface area (Å²) in [7, 11) is 0. The Labute approximate surface area is 94.4 Å². The first-order valence-electron chi connectivity index (χ1n) is 4.06. The molecule has 2 rings (SSSR count). The van der Waals surface area contributed by atoms with Crippen LogP contribution in [0.5, 0.6) is 0 Å². The molecule has 1 unspecified atom stereocenters. The van der Waals surface area contributed by atoms with Crippen molar-refractivity contribution >= 4 is 34.4 Å². The summed E-state index contributed by atoms with van der Waals surface area (Å²) in [5.41, 5.74) is 7.46. The van der Waals surface area contributed by atoms with Crippen LogP contribution in [0, 0.1) is 0 Å². The standard InChI is InChI=1S/C8H9N3S3/c9-4-7(6-2-1-3-12-6)14-8-11-10-5-13-8/h1-3,5,7H,4,9H2. The fraction of sp³-hybridized carbons (Fsp3) is 0.250. The molecule has 2 heterocycles. The van der Waals surface area contributed by atoms with Gasteiger partial charge in [-0.15, -0.1) is 21.5 Å². The topological polar surface area (TPSA) is 51.8 Å². The maximum atomic E-state index is 5.72. The highest BCUT2D eigenvalue weighted by molar-refractivity contribution is 8.01. The number of hydrogen-bond acceptors (Lipinski definition) is 6. The van der Waals surface area contributed by atoms with Crippen LogP contribution in [0.15, 0.2) is 27.4 Å². The normalized spacial score (nSPS) is 12.9. The van der Waals surface area contributed by atoms with Crippen LogP contribution in [0.3, 0.4) is 0 Å². The van der Waals surface area contributed by atoms with Crippen molar-refractivity contribution < 1.29 is 0 Å². The Kier molecular flexibility index (Phi) is 3.52. The molecule has 3 nitrogen and oxygen atoms in total. The predicted molar refractivity (Wildman–Crippen MR) is 61.9 cm³/mol. The van der Waals surface area contributed by atoms with Gasteiger partial charge in [-0.1, -0.05) is 29.2 Å². The summed E-state index contributed by atoms with van der Waals surface area (Å²) >= 11 is 4.97. The second-order valence-corrected chi connectivity index (χ2v) is 5.82. The molecule has 0 fully saturated rings. The fourth-order valence-corrected chi connectivity index (χ4v) is 3.67. The Balaban J connectivity index is 2.08. The molecule has 2 N–H and O–H groups in total. The number of aromatic nitrogens is 2. The predicted octanol–water partition coefficient (Wildman–Crippen LogP) is 2.39. The summed E-state index contributed by atoms with van der Waals surface area (Å²) in [6.07, 6.45) is 0. The van der Waals surface area contributed by atoms with Gasteiger partial charge in [0.25, 0.3) is 0 Å². The van der Waals surface area contributed by atoms with Crippen LogP contribution >= 0.6 is 34.4 Å². The highest BCUT2D eigenvalue weighted by atomic mass is 32.2. The zero-order valence-electron chi connectivity index (χ0n) is 7.29. The summed E-state index contributed by atoms with van der Waals surface area (Å²) in [4.78, 5) is 1.30. The quantitative estimate of drug-likeness (QED) is 0.838. The van der Waals surface area contributed by atoms with E-state index in [0.29, 0.717) is 11.8 Å². The maximum Gasteiger partial charge on any atom is 0.174 e. The van der Waals surface area contributed by atoms with E-state index in [2.05, 4.69) is 21.6 Å². The van der Waals surface area contributed by atoms with Crippen molar-refractivity contribution in [1.29, 1.82) is 0 Å². The molecule has 0 aliphatic heterocycles. The molecule has 74 valence electrons. The number of nitrogens with two attached hydrogens (primary N) is 1. The van der Waals surface area contributed by atoms with Crippen molar-refractivity contribution in [1.82, 2.24) is 10.2 Å². The summed E-state index contributed by atoms with van der Waals surface area (Å²) in [5, 5.41) is 10.2. The first-order chi connectivity index (χ1) is 6.90. The average Bonchev–Trinajstić information content (AvgIpc) is 2.86. The van der Waals surface area contributed by atoms with Crippen LogP contribution in [-0.2, 0) is 0 Å². The zero-order valence-corrected chi connectivity index (χ0v) is 9.74. The Morgan fingerprint density at radius 3 is 3.00 bits per heavy atom. The zero-order chi connectivity index (χ0) is 9.80. The summed E-state index contributed by atoms with van der Waals surface area (Å²) in [6.45, 7) is 0.630. The summed E-state index contributed by atoms with van der Waals surface area (Å²) in [5.74, 6) is 0. The minimum absolute atomic E-state index is 0.308. The number of nitrogens with zero attached hydrogens (tertiary/aromatic N) is 2. The van der Waals surface area contributed by atoms with E-state index < -0.39 is 0 Å². The highest BCUT2D eigenvalue weighted by Crippen LogP contribution is 2.36. The molecule has 6 heteroatoms. The molecule has 0 radical (unpaired) electrons. The van der Waals surface area contributed by atoms with E-state index in [1.54, 1.807) is 39.9 Å². The first-order valence-corrected chi connectivity index (χ1v) is 6.70. The smallest absolute Gasteiger partial charge is 0.174 e. The molecule has 0 aromatic carbocycles. The van der Waals surface area contributed by atoms with Crippen molar-refractivity contribution in [3.8, 4) is 0 Å². The van der Waals surface area contributed by atoms with Crippen molar-refractivity contribution in [3.05, 3.63) is 27.9 Å². The number of thiophene rings is 1. The van der Waals surface area contributed by atoms with Crippen LogP contribution < -0.4 is 5.73 Å². The third-order valence-electron chi connectivity index (χ3n) is 1.66. The van der Waals surface area contributed by atoms with Gasteiger partial charge in [0, 0.05) is 11.4 Å². The van der Waals surface area contributed by atoms with E-state index >= 15 is 0 Å². The Bertz CT molecular complexity index is 357. The third kappa shape index (κ3) is 2.33. The van der Waals surface area contributed by atoms with E-state index in [-0.39, 0.29) is 0 Å². The lowest BCUT2D eigenvalue weighted by Crippen LogP contribution is -2.07. The van der Waals surface area contributed by atoms with E-state index in [1.807, 2.05) is 6.07 Å². The van der Waals surface area contributed by atoms with Crippen LogP contribution in [0.2, 0.25) is 0 Å². The van der Waals surface area contributed by atoms with Crippen LogP contribution in [0.1, 0.15) is 10.1 Å². The molecule has 2 aromatic heterocycles. The Hall–Kier alpha value is -0.430. The first kappa shape index (κ1) is 10.1. The van der Waals surface area contributed by atoms with Gasteiger partial charge in [-0.2, -0.15) is 0 Å². The molecule has 0 aliphatic rings. The molecule has 2 aromatic rings. The molecule has 14 heavy (non-hydrogen) atoms. The monoisotopic (exact) mass is 243 g/mol. The van der Waals surface area contributed by atoms with Crippen LogP contribution in [-0.4, -0.2) is 16.7 Å². The van der Waals surface area contributed by atoms with Crippen molar-refractivity contribution in [3.63, 3.8) is 0 Å². The SMILES string of the molecule is NCC(Sc1nncs1)c1cccs1. The number of rotatable bonds is 4. The highest BCUT2D eigenvalue weighted by Gasteiger charge is 2.13. The van der Waals surface area contributed by atoms with Gasteiger partial charge in [0.1, 0.15) is 5.51 Å². The summed E-state index contributed by atoms with van der Waals surface area (Å²) < 4.78 is 0.980. The lowest BCUT2D eigenvalue weighted by atomic mass is 10.3. The molecule has 0 saturated heterocycles. The van der Waals surface area contributed by atoms with Crippen molar-refractivity contribution in [2.24, 2.45) is 5.73 Å². The van der Waals surface area contributed by atoms with E-state index in [4.69, 9.17) is 5.73 Å². The van der Waals surface area contributed by atoms with Gasteiger partial charge < -0.3 is 5.73 Å². The lowest BCUT2D eigenvalue weighted by molar-refractivity contribution is 0.947. The minimum Gasteiger partial charge on any atom is -0.329 e. The average molecular weight is 243 g/mol. The van der Waals surface area contributed by atoms with Crippen molar-refractivity contribution in [2.75, 3.05) is 6.54 Å². The van der Waals surface area contributed by atoms with Gasteiger partial charge in [-0.3, -0.25) is 0 Å². The molecule has 0 saturated carbocycles. The molecule has 0 bridgehead atoms. The van der Waals surface area contributed by atoms with E-state index in [9.17, 15) is 0 Å². The Morgan fingerprint density at radius 2 is 2.43 bits per heavy atom. The largest absolute Gasteiger partial charge is 0.329 e. The second-order valence-electron chi connectivity index (χ2n) is 2.56. The number of thioether (sulfide) groups is 1. The van der Waals surface area contributed by atoms with Crippen molar-refractivity contribution in [2.45, 2.75) is 9.59 Å². The fourth-order valence-electron chi connectivity index (χ4n) is 1.03.